The molecule has 2 aliphatic rings. The van der Waals surface area contributed by atoms with Gasteiger partial charge in [0.1, 0.15) is 5.71 Å². The number of rotatable bonds is 5. The molecule has 0 radical (unpaired) electrons. The van der Waals surface area contributed by atoms with Crippen LogP contribution in [0.2, 0.25) is 0 Å². The van der Waals surface area contributed by atoms with Crippen LogP contribution in [0.3, 0.4) is 0 Å². The Morgan fingerprint density at radius 3 is 2.50 bits per heavy atom. The van der Waals surface area contributed by atoms with Crippen molar-refractivity contribution in [2.75, 3.05) is 26.2 Å². The van der Waals surface area contributed by atoms with Crippen molar-refractivity contribution in [1.82, 2.24) is 14.8 Å². The van der Waals surface area contributed by atoms with E-state index in [2.05, 4.69) is 20.0 Å². The molecule has 8 nitrogen and oxygen atoms in total. The number of likely N-dealkylation sites (tertiary alicyclic amines) is 2. The van der Waals surface area contributed by atoms with Crippen LogP contribution in [0.15, 0.2) is 57.4 Å². The van der Waals surface area contributed by atoms with E-state index in [9.17, 15) is 18.4 Å². The molecule has 10 heteroatoms. The van der Waals surface area contributed by atoms with Crippen LogP contribution in [0.1, 0.15) is 35.2 Å². The zero-order valence-corrected chi connectivity index (χ0v) is 19.6. The fourth-order valence-corrected chi connectivity index (χ4v) is 4.90. The molecule has 3 heterocycles. The summed E-state index contributed by atoms with van der Waals surface area (Å²) in [6.07, 6.45) is 4.78. The lowest BCUT2D eigenvalue weighted by Crippen LogP contribution is -2.37. The van der Waals surface area contributed by atoms with Crippen molar-refractivity contribution in [3.05, 3.63) is 75.6 Å². The highest BCUT2D eigenvalue weighted by Crippen LogP contribution is 2.23. The molecule has 3 aromatic rings. The molecule has 1 atom stereocenters. The van der Waals surface area contributed by atoms with Crippen LogP contribution < -0.4 is 11.4 Å². The number of hydrazone groups is 1. The molecule has 36 heavy (non-hydrogen) atoms. The van der Waals surface area contributed by atoms with E-state index in [-0.39, 0.29) is 28.1 Å². The first-order valence-electron chi connectivity index (χ1n) is 11.9. The molecule has 5 rings (SSSR count). The number of nitrogens with two attached hydrogens (primary N) is 1. The highest BCUT2D eigenvalue weighted by atomic mass is 19.2. The number of aromatic nitrogens is 1. The van der Waals surface area contributed by atoms with Crippen LogP contribution in [-0.2, 0) is 0 Å². The molecule has 1 amide bonds. The van der Waals surface area contributed by atoms with Gasteiger partial charge in [-0.15, -0.1) is 0 Å². The molecule has 0 spiro atoms. The number of aliphatic imine (C=N–C) groups is 1. The summed E-state index contributed by atoms with van der Waals surface area (Å²) in [7, 11) is 0. The quantitative estimate of drug-likeness (QED) is 0.324. The smallest absolute Gasteiger partial charge is 0.258 e. The minimum absolute atomic E-state index is 0.00260. The summed E-state index contributed by atoms with van der Waals surface area (Å²) in [5.74, 6) is 3.40. The zero-order chi connectivity index (χ0) is 25.2. The zero-order valence-electron chi connectivity index (χ0n) is 19.6. The van der Waals surface area contributed by atoms with E-state index in [0.717, 1.165) is 44.7 Å². The highest BCUT2D eigenvalue weighted by Gasteiger charge is 2.31. The lowest BCUT2D eigenvalue weighted by molar-refractivity contribution is 0.0780. The Morgan fingerprint density at radius 1 is 1.06 bits per heavy atom. The van der Waals surface area contributed by atoms with Crippen LogP contribution in [-0.4, -0.2) is 64.8 Å². The summed E-state index contributed by atoms with van der Waals surface area (Å²) in [6.45, 7) is 3.75. The second-order valence-corrected chi connectivity index (χ2v) is 9.12. The number of nitrogens with one attached hydrogen (secondary N) is 1. The van der Waals surface area contributed by atoms with Crippen molar-refractivity contribution < 1.29 is 13.6 Å². The Morgan fingerprint density at radius 2 is 1.78 bits per heavy atom. The standard InChI is InChI=1S/C26H26F2N6O2/c27-21-12-17-11-20(25(35)31-23(17)13-22(21)28)24(32-29)14-30-18-5-3-16(4-6-18)26(36)34-10-7-19(15-34)33-8-1-2-9-33/h3-6,11-14,19H,1-2,7-10,15,29H2,(H,31,35). The van der Waals surface area contributed by atoms with Gasteiger partial charge in [-0.05, 0) is 68.8 Å². The summed E-state index contributed by atoms with van der Waals surface area (Å²) in [5.41, 5.74) is 0.837. The van der Waals surface area contributed by atoms with Crippen LogP contribution >= 0.6 is 0 Å². The number of aromatic amines is 1. The number of pyridine rings is 1. The Balaban J connectivity index is 1.29. The second-order valence-electron chi connectivity index (χ2n) is 9.12. The van der Waals surface area contributed by atoms with Gasteiger partial charge in [-0.1, -0.05) is 0 Å². The number of nitrogens with zero attached hydrogens (tertiary/aromatic N) is 4. The molecule has 0 aliphatic carbocycles. The molecular formula is C26H26F2N6O2. The van der Waals surface area contributed by atoms with E-state index in [1.165, 1.54) is 25.1 Å². The molecule has 1 unspecified atom stereocenters. The monoisotopic (exact) mass is 492 g/mol. The van der Waals surface area contributed by atoms with Gasteiger partial charge in [0, 0.05) is 36.1 Å². The fraction of sp³-hybridized carbons (Fsp3) is 0.308. The van der Waals surface area contributed by atoms with Crippen LogP contribution in [0.5, 0.6) is 0 Å². The minimum atomic E-state index is -1.06. The number of halogens is 2. The molecule has 186 valence electrons. The van der Waals surface area contributed by atoms with Gasteiger partial charge in [0.15, 0.2) is 11.6 Å². The van der Waals surface area contributed by atoms with Gasteiger partial charge in [-0.25, -0.2) is 8.78 Å². The lowest BCUT2D eigenvalue weighted by atomic mass is 10.1. The number of carbonyl (C=O) groups is 1. The van der Waals surface area contributed by atoms with E-state index in [4.69, 9.17) is 5.84 Å². The molecule has 2 fully saturated rings. The highest BCUT2D eigenvalue weighted by molar-refractivity contribution is 6.38. The Hall–Kier alpha value is -3.92. The topological polar surface area (TPSA) is 107 Å². The maximum atomic E-state index is 13.6. The summed E-state index contributed by atoms with van der Waals surface area (Å²) < 4.78 is 27.1. The largest absolute Gasteiger partial charge is 0.337 e. The van der Waals surface area contributed by atoms with E-state index < -0.39 is 17.2 Å². The van der Waals surface area contributed by atoms with Crippen molar-refractivity contribution in [2.45, 2.75) is 25.3 Å². The minimum Gasteiger partial charge on any atom is -0.337 e. The number of fused-ring (bicyclic) bond motifs is 1. The van der Waals surface area contributed by atoms with Gasteiger partial charge in [0.05, 0.1) is 23.0 Å². The van der Waals surface area contributed by atoms with Crippen LogP contribution in [0.4, 0.5) is 14.5 Å². The maximum absolute atomic E-state index is 13.6. The molecule has 3 N–H and O–H groups in total. The summed E-state index contributed by atoms with van der Waals surface area (Å²) in [4.78, 5) is 36.6. The average molecular weight is 493 g/mol. The molecule has 2 saturated heterocycles. The molecule has 0 bridgehead atoms. The normalized spacial score (nSPS) is 19.1. The van der Waals surface area contributed by atoms with Gasteiger partial charge in [0.2, 0.25) is 0 Å². The molecule has 0 saturated carbocycles. The molecule has 1 aromatic heterocycles. The number of carbonyl (C=O) groups excluding carboxylic acids is 1. The summed E-state index contributed by atoms with van der Waals surface area (Å²) >= 11 is 0. The lowest BCUT2D eigenvalue weighted by Gasteiger charge is -2.23. The van der Waals surface area contributed by atoms with Gasteiger partial charge in [-0.3, -0.25) is 19.5 Å². The van der Waals surface area contributed by atoms with Gasteiger partial charge in [0.25, 0.3) is 11.5 Å². The Bertz CT molecular complexity index is 1410. The van der Waals surface area contributed by atoms with Crippen molar-refractivity contribution in [3.8, 4) is 0 Å². The fourth-order valence-electron chi connectivity index (χ4n) is 4.90. The SMILES string of the molecule is NN=C(C=Nc1ccc(C(=O)N2CCC(N3CCCC3)C2)cc1)c1cc2cc(F)c(F)cc2[nH]c1=O. The number of hydrogen-bond acceptors (Lipinski definition) is 6. The van der Waals surface area contributed by atoms with E-state index in [0.29, 0.717) is 17.3 Å². The van der Waals surface area contributed by atoms with E-state index in [1.807, 2.05) is 4.90 Å². The first-order chi connectivity index (χ1) is 17.4. The van der Waals surface area contributed by atoms with Crippen molar-refractivity contribution in [3.63, 3.8) is 0 Å². The second kappa shape index (κ2) is 9.98. The predicted molar refractivity (Wildman–Crippen MR) is 135 cm³/mol. The first-order valence-corrected chi connectivity index (χ1v) is 11.9. The third kappa shape index (κ3) is 4.76. The number of benzene rings is 2. The van der Waals surface area contributed by atoms with Gasteiger partial charge >= 0.3 is 0 Å². The average Bonchev–Trinajstić information content (AvgIpc) is 3.58. The van der Waals surface area contributed by atoms with Crippen molar-refractivity contribution in [1.29, 1.82) is 0 Å². The number of H-pyrrole nitrogens is 1. The van der Waals surface area contributed by atoms with E-state index >= 15 is 0 Å². The Kier molecular flexibility index (Phi) is 6.60. The third-order valence-corrected chi connectivity index (χ3v) is 6.86. The third-order valence-electron chi connectivity index (χ3n) is 6.86. The van der Waals surface area contributed by atoms with E-state index in [1.54, 1.807) is 24.3 Å². The summed E-state index contributed by atoms with van der Waals surface area (Å²) in [5, 5.41) is 3.92. The molecule has 2 aromatic carbocycles. The molecule has 2 aliphatic heterocycles. The van der Waals surface area contributed by atoms with Crippen molar-refractivity contribution in [2.24, 2.45) is 15.9 Å². The van der Waals surface area contributed by atoms with Gasteiger partial charge in [-0.2, -0.15) is 5.10 Å². The van der Waals surface area contributed by atoms with Gasteiger partial charge < -0.3 is 15.7 Å². The van der Waals surface area contributed by atoms with Crippen molar-refractivity contribution >= 4 is 34.4 Å². The predicted octanol–water partition coefficient (Wildman–Crippen LogP) is 3.18. The Labute approximate surface area is 206 Å². The van der Waals surface area contributed by atoms with Crippen LogP contribution in [0.25, 0.3) is 10.9 Å². The first kappa shape index (κ1) is 23.8. The number of amides is 1. The number of hydrogen-bond donors (Lipinski definition) is 2. The maximum Gasteiger partial charge on any atom is 0.258 e. The molecular weight excluding hydrogens is 466 g/mol. The van der Waals surface area contributed by atoms with Crippen LogP contribution in [0, 0.1) is 11.6 Å². The summed E-state index contributed by atoms with van der Waals surface area (Å²) in [6, 6.07) is 10.6.